The van der Waals surface area contributed by atoms with Gasteiger partial charge in [0.15, 0.2) is 10.7 Å². The number of thiazole rings is 1. The lowest BCUT2D eigenvalue weighted by molar-refractivity contribution is -0.115. The Labute approximate surface area is 134 Å². The van der Waals surface area contributed by atoms with Gasteiger partial charge < -0.3 is 9.73 Å². The van der Waals surface area contributed by atoms with E-state index in [0.29, 0.717) is 20.8 Å². The molecule has 1 N–H and O–H groups in total. The number of aromatic nitrogens is 1. The highest BCUT2D eigenvalue weighted by atomic mass is 35.5. The molecule has 0 saturated carbocycles. The van der Waals surface area contributed by atoms with Gasteiger partial charge in [-0.25, -0.2) is 4.98 Å². The van der Waals surface area contributed by atoms with Crippen molar-refractivity contribution in [3.63, 3.8) is 0 Å². The van der Waals surface area contributed by atoms with Crippen LogP contribution in [0.15, 0.2) is 29.0 Å². The molecule has 0 saturated heterocycles. The molecule has 108 valence electrons. The number of aryl methyl sites for hydroxylation is 1. The van der Waals surface area contributed by atoms with E-state index in [1.807, 2.05) is 6.92 Å². The zero-order chi connectivity index (χ0) is 15.0. The van der Waals surface area contributed by atoms with Crippen LogP contribution in [-0.2, 0) is 11.2 Å². The summed E-state index contributed by atoms with van der Waals surface area (Å²) in [4.78, 5) is 17.2. The Balaban J connectivity index is 1.82. The minimum atomic E-state index is -0.155. The molecule has 0 aliphatic carbocycles. The number of hydrogen-bond acceptors (Lipinski definition) is 4. The Morgan fingerprint density at radius 3 is 2.95 bits per heavy atom. The molecule has 3 rings (SSSR count). The second-order valence-electron chi connectivity index (χ2n) is 4.50. The van der Waals surface area contributed by atoms with Gasteiger partial charge in [-0.1, -0.05) is 23.2 Å². The van der Waals surface area contributed by atoms with Gasteiger partial charge in [0.2, 0.25) is 5.91 Å². The van der Waals surface area contributed by atoms with E-state index in [1.165, 1.54) is 17.6 Å². The third-order valence-corrected chi connectivity index (χ3v) is 4.55. The van der Waals surface area contributed by atoms with Gasteiger partial charge in [0.05, 0.1) is 17.7 Å². The Kier molecular flexibility index (Phi) is 3.89. The molecule has 0 fully saturated rings. The maximum absolute atomic E-state index is 12.0. The van der Waals surface area contributed by atoms with Crippen LogP contribution in [0.2, 0.25) is 10.0 Å². The quantitative estimate of drug-likeness (QED) is 0.752. The summed E-state index contributed by atoms with van der Waals surface area (Å²) < 4.78 is 5.41. The summed E-state index contributed by atoms with van der Waals surface area (Å²) in [6.07, 6.45) is 3.43. The summed E-state index contributed by atoms with van der Waals surface area (Å²) in [5.74, 6) is -0.155. The Morgan fingerprint density at radius 2 is 2.24 bits per heavy atom. The smallest absolute Gasteiger partial charge is 0.230 e. The molecule has 2 heterocycles. The number of rotatable bonds is 3. The molecule has 1 aromatic carbocycles. The highest BCUT2D eigenvalue weighted by Gasteiger charge is 2.15. The monoisotopic (exact) mass is 340 g/mol. The van der Waals surface area contributed by atoms with Gasteiger partial charge in [-0.2, -0.15) is 0 Å². The summed E-state index contributed by atoms with van der Waals surface area (Å²) in [6, 6.07) is 3.48. The van der Waals surface area contributed by atoms with E-state index >= 15 is 0 Å². The number of nitrogens with zero attached hydrogens (tertiary/aromatic N) is 1. The minimum absolute atomic E-state index is 0.155. The summed E-state index contributed by atoms with van der Waals surface area (Å²) in [5.41, 5.74) is 1.26. The first-order chi connectivity index (χ1) is 10.0. The van der Waals surface area contributed by atoms with Gasteiger partial charge in [0, 0.05) is 22.0 Å². The predicted octanol–water partition coefficient (Wildman–Crippen LogP) is 4.69. The van der Waals surface area contributed by atoms with Crippen LogP contribution in [0.25, 0.3) is 11.0 Å². The number of benzene rings is 1. The van der Waals surface area contributed by atoms with E-state index in [9.17, 15) is 4.79 Å². The second kappa shape index (κ2) is 5.67. The van der Waals surface area contributed by atoms with Gasteiger partial charge in [-0.3, -0.25) is 4.79 Å². The molecule has 1 amide bonds. The van der Waals surface area contributed by atoms with Crippen LogP contribution in [0.5, 0.6) is 0 Å². The van der Waals surface area contributed by atoms with Crippen molar-refractivity contribution in [2.45, 2.75) is 13.3 Å². The lowest BCUT2D eigenvalue weighted by atomic mass is 10.1. The van der Waals surface area contributed by atoms with Gasteiger partial charge in [0.25, 0.3) is 0 Å². The molecular weight excluding hydrogens is 331 g/mol. The van der Waals surface area contributed by atoms with Gasteiger partial charge in [0.1, 0.15) is 5.02 Å². The molecule has 0 aliphatic heterocycles. The second-order valence-corrected chi connectivity index (χ2v) is 6.52. The van der Waals surface area contributed by atoms with Crippen molar-refractivity contribution in [1.82, 2.24) is 4.98 Å². The first-order valence-electron chi connectivity index (χ1n) is 6.11. The average molecular weight is 341 g/mol. The molecule has 0 atom stereocenters. The molecule has 3 aromatic rings. The molecule has 0 radical (unpaired) electrons. The first kappa shape index (κ1) is 14.4. The lowest BCUT2D eigenvalue weighted by Crippen LogP contribution is -2.13. The van der Waals surface area contributed by atoms with E-state index in [-0.39, 0.29) is 12.3 Å². The highest BCUT2D eigenvalue weighted by Crippen LogP contribution is 2.33. The van der Waals surface area contributed by atoms with Crippen LogP contribution in [0.1, 0.15) is 10.4 Å². The molecule has 7 heteroatoms. The average Bonchev–Trinajstić information content (AvgIpc) is 3.01. The SMILES string of the molecule is Cc1cnc(NC(=O)Cc2coc3c(Cl)c(Cl)ccc23)s1. The van der Waals surface area contributed by atoms with Gasteiger partial charge >= 0.3 is 0 Å². The number of furan rings is 1. The van der Waals surface area contributed by atoms with Crippen molar-refractivity contribution in [3.8, 4) is 0 Å². The third-order valence-electron chi connectivity index (χ3n) is 2.93. The molecule has 0 aliphatic rings. The van der Waals surface area contributed by atoms with Crippen molar-refractivity contribution in [1.29, 1.82) is 0 Å². The number of nitrogens with one attached hydrogen (secondary N) is 1. The van der Waals surface area contributed by atoms with E-state index < -0.39 is 0 Å². The summed E-state index contributed by atoms with van der Waals surface area (Å²) in [5, 5.41) is 4.92. The fourth-order valence-corrected chi connectivity index (χ4v) is 3.02. The highest BCUT2D eigenvalue weighted by molar-refractivity contribution is 7.15. The zero-order valence-electron chi connectivity index (χ0n) is 10.9. The van der Waals surface area contributed by atoms with Gasteiger partial charge in [-0.05, 0) is 19.1 Å². The van der Waals surface area contributed by atoms with E-state index in [2.05, 4.69) is 10.3 Å². The largest absolute Gasteiger partial charge is 0.462 e. The molecule has 0 unspecified atom stereocenters. The minimum Gasteiger partial charge on any atom is -0.462 e. The van der Waals surface area contributed by atoms with E-state index in [0.717, 1.165) is 15.8 Å². The molecule has 4 nitrogen and oxygen atoms in total. The number of hydrogen-bond donors (Lipinski definition) is 1. The molecule has 2 aromatic heterocycles. The summed E-state index contributed by atoms with van der Waals surface area (Å²) >= 11 is 13.4. The maximum Gasteiger partial charge on any atom is 0.230 e. The van der Waals surface area contributed by atoms with Crippen molar-refractivity contribution < 1.29 is 9.21 Å². The van der Waals surface area contributed by atoms with Crippen LogP contribution >= 0.6 is 34.5 Å². The van der Waals surface area contributed by atoms with Crippen molar-refractivity contribution in [2.24, 2.45) is 0 Å². The molecule has 0 spiro atoms. The molecule has 21 heavy (non-hydrogen) atoms. The van der Waals surface area contributed by atoms with Crippen LogP contribution in [0.4, 0.5) is 5.13 Å². The van der Waals surface area contributed by atoms with Crippen LogP contribution in [0, 0.1) is 6.92 Å². The zero-order valence-corrected chi connectivity index (χ0v) is 13.3. The topological polar surface area (TPSA) is 55.1 Å². The van der Waals surface area contributed by atoms with E-state index in [1.54, 1.807) is 18.3 Å². The van der Waals surface area contributed by atoms with Gasteiger partial charge in [-0.15, -0.1) is 11.3 Å². The summed E-state index contributed by atoms with van der Waals surface area (Å²) in [7, 11) is 0. The van der Waals surface area contributed by atoms with Crippen molar-refractivity contribution >= 4 is 56.5 Å². The van der Waals surface area contributed by atoms with Crippen molar-refractivity contribution in [2.75, 3.05) is 5.32 Å². The normalized spacial score (nSPS) is 11.0. The van der Waals surface area contributed by atoms with E-state index in [4.69, 9.17) is 27.6 Å². The maximum atomic E-state index is 12.0. The van der Waals surface area contributed by atoms with Crippen LogP contribution in [0.3, 0.4) is 0 Å². The fourth-order valence-electron chi connectivity index (χ4n) is 1.98. The van der Waals surface area contributed by atoms with Crippen LogP contribution in [-0.4, -0.2) is 10.9 Å². The number of carbonyl (C=O) groups is 1. The molecular formula is C14H10Cl2N2O2S. The fraction of sp³-hybridized carbons (Fsp3) is 0.143. The Bertz CT molecular complexity index is 826. The van der Waals surface area contributed by atoms with Crippen LogP contribution < -0.4 is 5.32 Å². The lowest BCUT2D eigenvalue weighted by Gasteiger charge is -2.01. The number of halogens is 2. The Morgan fingerprint density at radius 1 is 1.43 bits per heavy atom. The Hall–Kier alpha value is -1.56. The summed E-state index contributed by atoms with van der Waals surface area (Å²) in [6.45, 7) is 1.93. The number of fused-ring (bicyclic) bond motifs is 1. The molecule has 0 bridgehead atoms. The standard InChI is InChI=1S/C14H10Cl2N2O2S/c1-7-5-17-14(21-7)18-11(19)4-8-6-20-13-9(8)2-3-10(15)12(13)16/h2-3,5-6H,4H2,1H3,(H,17,18,19). The first-order valence-corrected chi connectivity index (χ1v) is 7.68. The number of carbonyl (C=O) groups excluding carboxylic acids is 1. The number of anilines is 1. The third kappa shape index (κ3) is 2.90. The predicted molar refractivity (Wildman–Crippen MR) is 85.4 cm³/mol. The van der Waals surface area contributed by atoms with Crippen molar-refractivity contribution in [3.05, 3.63) is 45.1 Å². The number of amides is 1.